The van der Waals surface area contributed by atoms with Gasteiger partial charge in [-0.1, -0.05) is 0 Å². The van der Waals surface area contributed by atoms with Crippen LogP contribution >= 0.6 is 17.8 Å². The van der Waals surface area contributed by atoms with Gasteiger partial charge in [-0.25, -0.2) is 0 Å². The van der Waals surface area contributed by atoms with Crippen LogP contribution in [0.2, 0.25) is 0 Å². The molecule has 0 unspecified atom stereocenters. The summed E-state index contributed by atoms with van der Waals surface area (Å²) in [7, 11) is 9.87. The molecule has 0 aromatic carbocycles. The Bertz CT molecular complexity index is 6.00. The molecule has 0 bridgehead atoms. The molecule has 4 heavy (non-hydrogen) atoms. The number of hydrogen-bond donors (Lipinski definition) is 0. The summed E-state index contributed by atoms with van der Waals surface area (Å²) < 4.78 is 0. The van der Waals surface area contributed by atoms with Crippen molar-refractivity contribution in [2.24, 2.45) is 0 Å². The van der Waals surface area contributed by atoms with Crippen molar-refractivity contribution in [3.8, 4) is 0 Å². The fourth-order valence-electron chi connectivity index (χ4n) is 0. The van der Waals surface area contributed by atoms with E-state index in [-0.39, 0.29) is 29.6 Å². The van der Waals surface area contributed by atoms with Crippen molar-refractivity contribution >= 4 is 66.3 Å². The summed E-state index contributed by atoms with van der Waals surface area (Å²) in [5, 5.41) is 0. The Hall–Kier alpha value is 2.38. The van der Waals surface area contributed by atoms with E-state index in [1.807, 2.05) is 0 Å². The maximum absolute atomic E-state index is 4.93. The van der Waals surface area contributed by atoms with Crippen molar-refractivity contribution in [3.63, 3.8) is 0 Å². The first-order valence-electron chi connectivity index (χ1n) is 0.378. The fourth-order valence-corrected chi connectivity index (χ4v) is 0. The average Bonchev–Trinajstić information content (AvgIpc) is 0.918. The smallest absolute Gasteiger partial charge is 0 e. The topological polar surface area (TPSA) is 0 Å². The molecule has 0 atom stereocenters. The van der Waals surface area contributed by atoms with Crippen LogP contribution in [0.3, 0.4) is 0 Å². The molecule has 4 heteroatoms. The summed E-state index contributed by atoms with van der Waals surface area (Å²) in [5.74, 6) is 0. The van der Waals surface area contributed by atoms with Crippen LogP contribution in [0, 0.1) is 0 Å². The second-order valence-corrected chi connectivity index (χ2v) is 4.31. The molecule has 0 aromatic rings. The molecule has 3 radical (unpaired) electrons. The third kappa shape index (κ3) is 8.83. The van der Waals surface area contributed by atoms with Crippen LogP contribution in [-0.2, 0) is 0 Å². The molecule has 0 aliphatic rings. The molecule has 0 aromatic heterocycles. The van der Waals surface area contributed by atoms with E-state index < -0.39 is 18.9 Å². The van der Waals surface area contributed by atoms with E-state index >= 15 is 0 Å². The van der Waals surface area contributed by atoms with Crippen molar-refractivity contribution in [1.29, 1.82) is 0 Å². The van der Waals surface area contributed by atoms with Gasteiger partial charge in [0.05, 0.1) is 0 Å². The summed E-state index contributed by atoms with van der Waals surface area (Å²) in [6, 6.07) is 0. The maximum Gasteiger partial charge on any atom is 0 e. The molecule has 0 N–H and O–H groups in total. The predicted molar refractivity (Wildman–Crippen MR) is 23.2 cm³/mol. The standard InChI is InChI=1S/2ClH.Na.Sn/h2*1H;;/q;;;+2/p-2. The Morgan fingerprint density at radius 3 is 1.25 bits per heavy atom. The molecule has 0 saturated heterocycles. The van der Waals surface area contributed by atoms with E-state index in [2.05, 4.69) is 0 Å². The minimum Gasteiger partial charge on any atom is 0 e. The molecular weight excluding hydrogens is 213 g/mol. The molecule has 19 valence electrons. The Balaban J connectivity index is 0. The second kappa shape index (κ2) is 9.03. The van der Waals surface area contributed by atoms with Gasteiger partial charge in [0.15, 0.2) is 0 Å². The van der Waals surface area contributed by atoms with E-state index in [0.29, 0.717) is 0 Å². The van der Waals surface area contributed by atoms with Crippen LogP contribution in [0.1, 0.15) is 0 Å². The molecule has 0 amide bonds. The summed E-state index contributed by atoms with van der Waals surface area (Å²) in [6.45, 7) is 0. The Morgan fingerprint density at radius 1 is 1.25 bits per heavy atom. The number of hydrogen-bond acceptors (Lipinski definition) is 0. The summed E-state index contributed by atoms with van der Waals surface area (Å²) in [5.41, 5.74) is 0. The van der Waals surface area contributed by atoms with Crippen molar-refractivity contribution < 1.29 is 0 Å². The third-order valence-electron chi connectivity index (χ3n) is 0. The van der Waals surface area contributed by atoms with Crippen LogP contribution in [0.4, 0.5) is 0 Å². The van der Waals surface area contributed by atoms with E-state index in [4.69, 9.17) is 17.8 Å². The van der Waals surface area contributed by atoms with Crippen LogP contribution in [0.25, 0.3) is 0 Å². The van der Waals surface area contributed by atoms with E-state index in [9.17, 15) is 0 Å². The monoisotopic (exact) mass is 213 g/mol. The maximum atomic E-state index is 4.93. The second-order valence-electron chi connectivity index (χ2n) is 0.0714. The van der Waals surface area contributed by atoms with E-state index in [0.717, 1.165) is 0 Å². The van der Waals surface area contributed by atoms with E-state index in [1.54, 1.807) is 0 Å². The predicted octanol–water partition coefficient (Wildman–Crippen LogP) is 0.617. The van der Waals surface area contributed by atoms with Gasteiger partial charge in [-0.3, -0.25) is 0 Å². The van der Waals surface area contributed by atoms with Crippen molar-refractivity contribution in [2.75, 3.05) is 0 Å². The minimum atomic E-state index is -0.826. The van der Waals surface area contributed by atoms with Gasteiger partial charge in [0.1, 0.15) is 0 Å². The number of halogens is 2. The van der Waals surface area contributed by atoms with Gasteiger partial charge in [-0.15, -0.1) is 0 Å². The molecule has 0 aliphatic carbocycles. The normalized spacial score (nSPS) is 4.50. The first-order chi connectivity index (χ1) is 1.41. The Kier molecular flexibility index (Phi) is 21.7. The average molecular weight is 213 g/mol. The quantitative estimate of drug-likeness (QED) is 0.517. The first kappa shape index (κ1) is 9.62. The molecule has 0 aliphatic heterocycles. The molecule has 0 nitrogen and oxygen atoms in total. The summed E-state index contributed by atoms with van der Waals surface area (Å²) in [6.07, 6.45) is 0. The zero-order valence-electron chi connectivity index (χ0n) is 2.26. The van der Waals surface area contributed by atoms with Crippen LogP contribution in [0.15, 0.2) is 0 Å². The van der Waals surface area contributed by atoms with Crippen molar-refractivity contribution in [3.05, 3.63) is 0 Å². The van der Waals surface area contributed by atoms with Gasteiger partial charge in [-0.05, 0) is 0 Å². The Morgan fingerprint density at radius 2 is 1.25 bits per heavy atom. The van der Waals surface area contributed by atoms with Gasteiger partial charge in [0.2, 0.25) is 0 Å². The zero-order valence-corrected chi connectivity index (χ0v) is 8.62. The van der Waals surface area contributed by atoms with Crippen molar-refractivity contribution in [2.45, 2.75) is 0 Å². The van der Waals surface area contributed by atoms with Gasteiger partial charge < -0.3 is 0 Å². The van der Waals surface area contributed by atoms with Crippen molar-refractivity contribution in [1.82, 2.24) is 0 Å². The SMILES string of the molecule is [Cl][Sn][Cl].[Na]. The summed E-state index contributed by atoms with van der Waals surface area (Å²) >= 11 is -0.826. The molecule has 0 rings (SSSR count). The van der Waals surface area contributed by atoms with E-state index in [1.165, 1.54) is 0 Å². The van der Waals surface area contributed by atoms with Crippen LogP contribution in [0.5, 0.6) is 0 Å². The molecule has 0 heterocycles. The third-order valence-corrected chi connectivity index (χ3v) is 0. The van der Waals surface area contributed by atoms with Gasteiger partial charge in [-0.2, -0.15) is 0 Å². The Labute approximate surface area is 65.2 Å². The molecule has 0 fully saturated rings. The molecule has 0 spiro atoms. The minimum absolute atomic E-state index is 0. The molecular formula is Cl2NaSn. The largest absolute Gasteiger partial charge is 0 e. The zero-order chi connectivity index (χ0) is 2.71. The fraction of sp³-hybridized carbons (Fsp3) is 0. The molecule has 0 saturated carbocycles. The van der Waals surface area contributed by atoms with Crippen LogP contribution in [-0.4, -0.2) is 48.4 Å². The van der Waals surface area contributed by atoms with Crippen LogP contribution < -0.4 is 0 Å². The number of rotatable bonds is 0. The van der Waals surface area contributed by atoms with Gasteiger partial charge in [0.25, 0.3) is 0 Å². The first-order valence-corrected chi connectivity index (χ1v) is 7.61. The summed E-state index contributed by atoms with van der Waals surface area (Å²) in [4.78, 5) is 0. The van der Waals surface area contributed by atoms with Gasteiger partial charge >= 0.3 is 36.7 Å². The van der Waals surface area contributed by atoms with Gasteiger partial charge in [0, 0.05) is 29.6 Å².